The van der Waals surface area contributed by atoms with Crippen molar-refractivity contribution in [2.75, 3.05) is 0 Å². The van der Waals surface area contributed by atoms with Crippen molar-refractivity contribution in [2.45, 2.75) is 82.3 Å². The number of ether oxygens (including phenoxy) is 5. The number of carbonyl (C=O) groups is 3. The zero-order valence-corrected chi connectivity index (χ0v) is 20.3. The highest BCUT2D eigenvalue weighted by molar-refractivity contribution is 5.91. The smallest absolute Gasteiger partial charge is 0.341 e. The lowest BCUT2D eigenvalue weighted by atomic mass is 9.82. The molecule has 0 spiro atoms. The number of benzene rings is 1. The summed E-state index contributed by atoms with van der Waals surface area (Å²) >= 11 is 0. The minimum Gasteiger partial charge on any atom is -0.459 e. The second-order valence-electron chi connectivity index (χ2n) is 10.3. The number of carbonyl (C=O) groups excluding carboxylic acids is 3. The molecule has 3 aliphatic heterocycles. The number of rotatable bonds is 4. The molecule has 8 nitrogen and oxygen atoms in total. The lowest BCUT2D eigenvalue weighted by Crippen LogP contribution is -2.40. The highest BCUT2D eigenvalue weighted by Gasteiger charge is 2.61. The standard InChI is InChI=1S/C27H30O8/c1-14-11-19-22(15(2)23(28)32-19)20(33-25(30)27(5)16(3)34-27)13-26(4)21(35-26)12-18(14)31-24(29)17-9-7-6-8-10-17/h6-11,16,18-22H,2,12-13H2,1,3-5H3/b14-11-/t16-,18-,19+,20+,21+,22-,26+,27-/m0/s1. The highest BCUT2D eigenvalue weighted by atomic mass is 16.7. The number of hydrogen-bond donors (Lipinski definition) is 0. The van der Waals surface area contributed by atoms with Gasteiger partial charge in [-0.1, -0.05) is 24.8 Å². The van der Waals surface area contributed by atoms with Crippen LogP contribution in [0.4, 0.5) is 0 Å². The molecule has 0 unspecified atom stereocenters. The van der Waals surface area contributed by atoms with Crippen LogP contribution in [0.1, 0.15) is 50.9 Å². The maximum absolute atomic E-state index is 12.9. The normalized spacial score (nSPS) is 41.4. The van der Waals surface area contributed by atoms with Gasteiger partial charge >= 0.3 is 17.9 Å². The molecule has 8 atom stereocenters. The maximum Gasteiger partial charge on any atom is 0.341 e. The van der Waals surface area contributed by atoms with Gasteiger partial charge in [0.05, 0.1) is 29.3 Å². The van der Waals surface area contributed by atoms with E-state index >= 15 is 0 Å². The van der Waals surface area contributed by atoms with E-state index in [0.717, 1.165) is 5.57 Å². The van der Waals surface area contributed by atoms with Gasteiger partial charge in [-0.2, -0.15) is 0 Å². The number of fused-ring (bicyclic) bond motifs is 2. The zero-order valence-electron chi connectivity index (χ0n) is 20.3. The van der Waals surface area contributed by atoms with Crippen LogP contribution in [0.15, 0.2) is 54.1 Å². The predicted molar refractivity (Wildman–Crippen MR) is 123 cm³/mol. The van der Waals surface area contributed by atoms with E-state index in [4.69, 9.17) is 23.7 Å². The molecule has 0 bridgehead atoms. The first-order valence-corrected chi connectivity index (χ1v) is 11.9. The number of hydrogen-bond acceptors (Lipinski definition) is 8. The molecule has 1 aromatic rings. The van der Waals surface area contributed by atoms with E-state index in [9.17, 15) is 14.4 Å². The van der Waals surface area contributed by atoms with Crippen LogP contribution in [0.2, 0.25) is 0 Å². The van der Waals surface area contributed by atoms with Crippen LogP contribution >= 0.6 is 0 Å². The molecule has 0 saturated carbocycles. The summed E-state index contributed by atoms with van der Waals surface area (Å²) in [6.45, 7) is 11.2. The summed E-state index contributed by atoms with van der Waals surface area (Å²) in [6, 6.07) is 8.77. The Hall–Kier alpha value is -2.97. The average molecular weight is 483 g/mol. The molecule has 186 valence electrons. The van der Waals surface area contributed by atoms with Gasteiger partial charge in [-0.3, -0.25) is 0 Å². The van der Waals surface area contributed by atoms with E-state index in [1.54, 1.807) is 37.3 Å². The average Bonchev–Trinajstić information content (AvgIpc) is 3.62. The topological polar surface area (TPSA) is 104 Å². The second-order valence-corrected chi connectivity index (χ2v) is 10.3. The van der Waals surface area contributed by atoms with E-state index in [0.29, 0.717) is 18.4 Å². The van der Waals surface area contributed by atoms with Crippen LogP contribution in [0.5, 0.6) is 0 Å². The van der Waals surface area contributed by atoms with E-state index in [2.05, 4.69) is 6.58 Å². The van der Waals surface area contributed by atoms with E-state index in [-0.39, 0.29) is 17.8 Å². The first kappa shape index (κ1) is 23.8. The Balaban J connectivity index is 1.44. The molecule has 3 heterocycles. The Morgan fingerprint density at radius 2 is 1.80 bits per heavy atom. The first-order valence-electron chi connectivity index (χ1n) is 11.9. The van der Waals surface area contributed by atoms with Crippen molar-refractivity contribution in [1.29, 1.82) is 0 Å². The zero-order chi connectivity index (χ0) is 25.1. The summed E-state index contributed by atoms with van der Waals surface area (Å²) in [6.07, 6.45) is 0.124. The molecule has 0 N–H and O–H groups in total. The molecule has 1 aliphatic carbocycles. The third kappa shape index (κ3) is 4.29. The molecule has 0 aromatic heterocycles. The Morgan fingerprint density at radius 3 is 2.46 bits per heavy atom. The van der Waals surface area contributed by atoms with Crippen molar-refractivity contribution in [2.24, 2.45) is 5.92 Å². The molecule has 5 rings (SSSR count). The summed E-state index contributed by atoms with van der Waals surface area (Å²) in [5.41, 5.74) is -0.197. The molecular formula is C27H30O8. The molecule has 3 fully saturated rings. The predicted octanol–water partition coefficient (Wildman–Crippen LogP) is 3.30. The fourth-order valence-corrected chi connectivity index (χ4v) is 5.05. The van der Waals surface area contributed by atoms with Crippen molar-refractivity contribution in [1.82, 2.24) is 0 Å². The lowest BCUT2D eigenvalue weighted by Gasteiger charge is -2.30. The molecule has 4 aliphatic rings. The fraction of sp³-hybridized carbons (Fsp3) is 0.519. The van der Waals surface area contributed by atoms with Crippen molar-refractivity contribution in [3.05, 3.63) is 59.7 Å². The van der Waals surface area contributed by atoms with Crippen molar-refractivity contribution in [3.63, 3.8) is 0 Å². The third-order valence-electron chi connectivity index (χ3n) is 7.73. The van der Waals surface area contributed by atoms with Crippen LogP contribution in [0, 0.1) is 5.92 Å². The van der Waals surface area contributed by atoms with Gasteiger partial charge < -0.3 is 23.7 Å². The van der Waals surface area contributed by atoms with Crippen molar-refractivity contribution in [3.8, 4) is 0 Å². The molecule has 0 amide bonds. The fourth-order valence-electron chi connectivity index (χ4n) is 5.05. The van der Waals surface area contributed by atoms with Crippen LogP contribution in [0.3, 0.4) is 0 Å². The minimum atomic E-state index is -0.997. The minimum absolute atomic E-state index is 0.213. The van der Waals surface area contributed by atoms with Gasteiger partial charge in [0.1, 0.15) is 18.3 Å². The third-order valence-corrected chi connectivity index (χ3v) is 7.73. The van der Waals surface area contributed by atoms with Gasteiger partial charge in [0.15, 0.2) is 5.60 Å². The molecule has 1 aromatic carbocycles. The van der Waals surface area contributed by atoms with Crippen molar-refractivity contribution < 1.29 is 38.1 Å². The van der Waals surface area contributed by atoms with Gasteiger partial charge in [-0.15, -0.1) is 0 Å². The molecule has 8 heteroatoms. The quantitative estimate of drug-likeness (QED) is 0.212. The van der Waals surface area contributed by atoms with Gasteiger partial charge in [-0.05, 0) is 51.5 Å². The summed E-state index contributed by atoms with van der Waals surface area (Å²) < 4.78 is 28.9. The molecule has 3 saturated heterocycles. The summed E-state index contributed by atoms with van der Waals surface area (Å²) in [4.78, 5) is 38.2. The molecule has 0 radical (unpaired) electrons. The largest absolute Gasteiger partial charge is 0.459 e. The Morgan fingerprint density at radius 1 is 1.11 bits per heavy atom. The lowest BCUT2D eigenvalue weighted by molar-refractivity contribution is -0.159. The molecule has 35 heavy (non-hydrogen) atoms. The Kier molecular flexibility index (Phi) is 5.64. The van der Waals surface area contributed by atoms with E-state index in [1.165, 1.54) is 0 Å². The molecular weight excluding hydrogens is 452 g/mol. The van der Waals surface area contributed by atoms with Gasteiger partial charge in [0.2, 0.25) is 0 Å². The number of esters is 3. The second kappa shape index (κ2) is 8.31. The van der Waals surface area contributed by atoms with Crippen LogP contribution in [-0.2, 0) is 33.3 Å². The van der Waals surface area contributed by atoms with E-state index < -0.39 is 53.3 Å². The number of epoxide rings is 2. The Bertz CT molecular complexity index is 1110. The maximum atomic E-state index is 12.9. The monoisotopic (exact) mass is 482 g/mol. The highest BCUT2D eigenvalue weighted by Crippen LogP contribution is 2.49. The van der Waals surface area contributed by atoms with Crippen LogP contribution in [0.25, 0.3) is 0 Å². The van der Waals surface area contributed by atoms with Gasteiger partial charge in [-0.25, -0.2) is 14.4 Å². The summed E-state index contributed by atoms with van der Waals surface area (Å²) in [7, 11) is 0. The van der Waals surface area contributed by atoms with Crippen LogP contribution in [-0.4, -0.2) is 59.6 Å². The van der Waals surface area contributed by atoms with E-state index in [1.807, 2.05) is 26.8 Å². The van der Waals surface area contributed by atoms with Gasteiger partial charge in [0, 0.05) is 18.4 Å². The Labute approximate surface area is 204 Å². The van der Waals surface area contributed by atoms with Crippen molar-refractivity contribution >= 4 is 17.9 Å². The summed E-state index contributed by atoms with van der Waals surface area (Å²) in [5.74, 6) is -2.05. The van der Waals surface area contributed by atoms with Crippen LogP contribution < -0.4 is 0 Å². The summed E-state index contributed by atoms with van der Waals surface area (Å²) in [5, 5.41) is 0. The SMILES string of the molecule is C=C1C(=O)O[C@@H]2/C=C(/C)[C@@H](OC(=O)c3ccccc3)C[C@H]3O[C@]3(C)C[C@@H](OC(=O)[C@@]3(C)O[C@H]3C)[C@@H]12. The van der Waals surface area contributed by atoms with Gasteiger partial charge in [0.25, 0.3) is 0 Å². The first-order chi connectivity index (χ1) is 16.5.